The summed E-state index contributed by atoms with van der Waals surface area (Å²) in [5.74, 6) is 0.433. The van der Waals surface area contributed by atoms with Crippen LogP contribution in [0.1, 0.15) is 39.5 Å². The first kappa shape index (κ1) is 19.2. The van der Waals surface area contributed by atoms with Gasteiger partial charge in [-0.3, -0.25) is 19.0 Å². The maximum Gasteiger partial charge on any atom is 0.291 e. The molecule has 4 aromatic heterocycles. The quantitative estimate of drug-likeness (QED) is 0.462. The summed E-state index contributed by atoms with van der Waals surface area (Å²) in [6.45, 7) is 3.06. The molecular formula is C20H20N6O4. The highest BCUT2D eigenvalue weighted by molar-refractivity contribution is 6.07. The Labute approximate surface area is 171 Å². The molecule has 0 saturated carbocycles. The molecule has 30 heavy (non-hydrogen) atoms. The number of hydrogen-bond acceptors (Lipinski definition) is 6. The highest BCUT2D eigenvalue weighted by Crippen LogP contribution is 2.17. The van der Waals surface area contributed by atoms with Crippen molar-refractivity contribution in [3.05, 3.63) is 78.2 Å². The van der Waals surface area contributed by atoms with Gasteiger partial charge in [-0.2, -0.15) is 10.2 Å². The lowest BCUT2D eigenvalue weighted by atomic mass is 10.3. The summed E-state index contributed by atoms with van der Waals surface area (Å²) in [5, 5.41) is 13.8. The van der Waals surface area contributed by atoms with Gasteiger partial charge in [0, 0.05) is 25.1 Å². The molecule has 0 atom stereocenters. The van der Waals surface area contributed by atoms with Gasteiger partial charge in [0.25, 0.3) is 11.8 Å². The van der Waals surface area contributed by atoms with Crippen LogP contribution in [0.4, 0.5) is 5.69 Å². The molecule has 154 valence electrons. The van der Waals surface area contributed by atoms with Gasteiger partial charge >= 0.3 is 0 Å². The Hall–Kier alpha value is -4.08. The van der Waals surface area contributed by atoms with Crippen LogP contribution in [0, 0.1) is 0 Å². The van der Waals surface area contributed by atoms with Gasteiger partial charge in [-0.1, -0.05) is 0 Å². The minimum absolute atomic E-state index is 0.111. The van der Waals surface area contributed by atoms with E-state index in [0.29, 0.717) is 30.3 Å². The number of rotatable bonds is 8. The fraction of sp³-hybridized carbons (Fsp3) is 0.200. The zero-order chi connectivity index (χ0) is 20.9. The number of carbonyl (C=O) groups is 2. The van der Waals surface area contributed by atoms with E-state index in [1.165, 1.54) is 6.26 Å². The lowest BCUT2D eigenvalue weighted by molar-refractivity contribution is 0.0943. The standard InChI is InChI=1S/C20H20N6O4/c1-2-25-13-16(18(24-25)20(28)21-11-14-5-3-10-29-14)23-19(27)17-7-6-15(30-17)12-26-9-4-8-22-26/h3-10,13H,2,11-12H2,1H3,(H,21,28)(H,23,27). The fourth-order valence-corrected chi connectivity index (χ4v) is 2.83. The molecule has 0 unspecified atom stereocenters. The number of anilines is 1. The molecule has 10 nitrogen and oxygen atoms in total. The average Bonchev–Trinajstić information content (AvgIpc) is 3.53. The second-order valence-corrected chi connectivity index (χ2v) is 6.43. The van der Waals surface area contributed by atoms with Gasteiger partial charge in [0.15, 0.2) is 11.5 Å². The summed E-state index contributed by atoms with van der Waals surface area (Å²) >= 11 is 0. The smallest absolute Gasteiger partial charge is 0.291 e. The molecule has 0 spiro atoms. The summed E-state index contributed by atoms with van der Waals surface area (Å²) in [6, 6.07) is 8.59. The Bertz CT molecular complexity index is 1120. The lowest BCUT2D eigenvalue weighted by Crippen LogP contribution is -2.25. The minimum Gasteiger partial charge on any atom is -0.467 e. The number of aryl methyl sites for hydroxylation is 1. The number of aromatic nitrogens is 4. The zero-order valence-corrected chi connectivity index (χ0v) is 16.2. The SMILES string of the molecule is CCn1cc(NC(=O)c2ccc(Cn3cccn3)o2)c(C(=O)NCc2ccco2)n1. The van der Waals surface area contributed by atoms with E-state index in [1.807, 2.05) is 6.92 Å². The molecule has 0 fully saturated rings. The van der Waals surface area contributed by atoms with Crippen LogP contribution in [-0.4, -0.2) is 31.4 Å². The van der Waals surface area contributed by atoms with Crippen LogP contribution in [-0.2, 0) is 19.6 Å². The van der Waals surface area contributed by atoms with Crippen LogP contribution in [0.25, 0.3) is 0 Å². The molecule has 0 aromatic carbocycles. The van der Waals surface area contributed by atoms with Crippen molar-refractivity contribution in [2.45, 2.75) is 26.6 Å². The molecule has 0 aliphatic rings. The number of nitrogens with one attached hydrogen (secondary N) is 2. The van der Waals surface area contributed by atoms with E-state index in [4.69, 9.17) is 8.83 Å². The van der Waals surface area contributed by atoms with Gasteiger partial charge in [-0.05, 0) is 37.3 Å². The maximum absolute atomic E-state index is 12.6. The van der Waals surface area contributed by atoms with Crippen molar-refractivity contribution in [2.75, 3.05) is 5.32 Å². The molecule has 4 rings (SSSR count). The lowest BCUT2D eigenvalue weighted by Gasteiger charge is -2.05. The van der Waals surface area contributed by atoms with Crippen molar-refractivity contribution in [1.29, 1.82) is 0 Å². The summed E-state index contributed by atoms with van der Waals surface area (Å²) < 4.78 is 14.1. The molecule has 0 saturated heterocycles. The zero-order valence-electron chi connectivity index (χ0n) is 16.2. The highest BCUT2D eigenvalue weighted by Gasteiger charge is 2.20. The Balaban J connectivity index is 1.45. The summed E-state index contributed by atoms with van der Waals surface area (Å²) in [4.78, 5) is 25.2. The summed E-state index contributed by atoms with van der Waals surface area (Å²) in [6.07, 6.45) is 6.60. The number of amides is 2. The Morgan fingerprint density at radius 2 is 2.00 bits per heavy atom. The van der Waals surface area contributed by atoms with Gasteiger partial charge in [0.2, 0.25) is 0 Å². The van der Waals surface area contributed by atoms with E-state index in [9.17, 15) is 9.59 Å². The normalized spacial score (nSPS) is 10.8. The van der Waals surface area contributed by atoms with Crippen LogP contribution in [0.2, 0.25) is 0 Å². The highest BCUT2D eigenvalue weighted by atomic mass is 16.4. The molecule has 0 bridgehead atoms. The van der Waals surface area contributed by atoms with Crippen LogP contribution >= 0.6 is 0 Å². The van der Waals surface area contributed by atoms with Crippen molar-refractivity contribution in [2.24, 2.45) is 0 Å². The third-order valence-corrected chi connectivity index (χ3v) is 4.31. The molecule has 0 radical (unpaired) electrons. The maximum atomic E-state index is 12.6. The summed E-state index contributed by atoms with van der Waals surface area (Å²) in [7, 11) is 0. The molecule has 4 heterocycles. The van der Waals surface area contributed by atoms with E-state index >= 15 is 0 Å². The third-order valence-electron chi connectivity index (χ3n) is 4.31. The molecule has 0 aliphatic carbocycles. The second-order valence-electron chi connectivity index (χ2n) is 6.43. The van der Waals surface area contributed by atoms with Crippen LogP contribution in [0.15, 0.2) is 64.0 Å². The molecule has 2 N–H and O–H groups in total. The molecule has 4 aromatic rings. The van der Waals surface area contributed by atoms with Crippen molar-refractivity contribution >= 4 is 17.5 Å². The van der Waals surface area contributed by atoms with E-state index in [-0.39, 0.29) is 18.0 Å². The van der Waals surface area contributed by atoms with Crippen LogP contribution in [0.5, 0.6) is 0 Å². The first-order valence-corrected chi connectivity index (χ1v) is 9.38. The van der Waals surface area contributed by atoms with Crippen LogP contribution in [0.3, 0.4) is 0 Å². The van der Waals surface area contributed by atoms with Crippen LogP contribution < -0.4 is 10.6 Å². The first-order chi connectivity index (χ1) is 14.6. The van der Waals surface area contributed by atoms with E-state index in [2.05, 4.69) is 20.8 Å². The van der Waals surface area contributed by atoms with Crippen molar-refractivity contribution < 1.29 is 18.4 Å². The van der Waals surface area contributed by atoms with Crippen molar-refractivity contribution in [3.8, 4) is 0 Å². The third kappa shape index (κ3) is 4.32. The molecule has 0 aliphatic heterocycles. The van der Waals surface area contributed by atoms with E-state index in [1.54, 1.807) is 58.3 Å². The fourth-order valence-electron chi connectivity index (χ4n) is 2.83. The predicted molar refractivity (Wildman–Crippen MR) is 106 cm³/mol. The molecule has 2 amide bonds. The average molecular weight is 408 g/mol. The molecular weight excluding hydrogens is 388 g/mol. The predicted octanol–water partition coefficient (Wildman–Crippen LogP) is 2.52. The number of nitrogens with zero attached hydrogens (tertiary/aromatic N) is 4. The number of hydrogen-bond donors (Lipinski definition) is 2. The first-order valence-electron chi connectivity index (χ1n) is 9.38. The minimum atomic E-state index is -0.475. The summed E-state index contributed by atoms with van der Waals surface area (Å²) in [5.41, 5.74) is 0.406. The number of carbonyl (C=O) groups excluding carboxylic acids is 2. The largest absolute Gasteiger partial charge is 0.467 e. The second kappa shape index (κ2) is 8.52. The number of furan rings is 2. The van der Waals surface area contributed by atoms with E-state index < -0.39 is 11.8 Å². The van der Waals surface area contributed by atoms with Gasteiger partial charge in [0.05, 0.1) is 25.0 Å². The van der Waals surface area contributed by atoms with Gasteiger partial charge < -0.3 is 19.5 Å². The Kier molecular flexibility index (Phi) is 5.46. The van der Waals surface area contributed by atoms with Crippen molar-refractivity contribution in [1.82, 2.24) is 24.9 Å². The van der Waals surface area contributed by atoms with Gasteiger partial charge in [-0.25, -0.2) is 0 Å². The monoisotopic (exact) mass is 408 g/mol. The molecule has 10 heteroatoms. The Morgan fingerprint density at radius 3 is 2.73 bits per heavy atom. The topological polar surface area (TPSA) is 120 Å². The van der Waals surface area contributed by atoms with Gasteiger partial charge in [-0.15, -0.1) is 0 Å². The van der Waals surface area contributed by atoms with Gasteiger partial charge in [0.1, 0.15) is 11.5 Å². The Morgan fingerprint density at radius 1 is 1.10 bits per heavy atom. The van der Waals surface area contributed by atoms with E-state index in [0.717, 1.165) is 0 Å². The van der Waals surface area contributed by atoms with Crippen molar-refractivity contribution in [3.63, 3.8) is 0 Å².